The van der Waals surface area contributed by atoms with E-state index in [4.69, 9.17) is 10.3 Å². The fraction of sp³-hybridized carbons (Fsp3) is 0.429. The third-order valence-electron chi connectivity index (χ3n) is 5.21. The molecule has 0 spiro atoms. The third kappa shape index (κ3) is 11.1. The normalized spacial score (nSPS) is 11.2. The Hall–Kier alpha value is -1.26. The summed E-state index contributed by atoms with van der Waals surface area (Å²) in [5.74, 6) is 0. The largest absolute Gasteiger partial charge is 2.00 e. The van der Waals surface area contributed by atoms with Crippen molar-refractivity contribution in [1.29, 1.82) is 0 Å². The molecule has 0 radical (unpaired) electrons. The van der Waals surface area contributed by atoms with Crippen LogP contribution in [0, 0.1) is 35.1 Å². The van der Waals surface area contributed by atoms with Crippen LogP contribution >= 0.6 is 7.92 Å². The molecule has 4 heteroatoms. The van der Waals surface area contributed by atoms with Gasteiger partial charge in [-0.2, -0.15) is 5.70 Å². The van der Waals surface area contributed by atoms with Gasteiger partial charge in [0.1, 0.15) is 0 Å². The van der Waals surface area contributed by atoms with Crippen molar-refractivity contribution in [1.82, 2.24) is 0 Å². The average Bonchev–Trinajstić information content (AvgIpc) is 2.70. The molecule has 0 N–H and O–H groups in total. The topological polar surface area (TPSA) is 26.5 Å². The summed E-state index contributed by atoms with van der Waals surface area (Å²) >= 11 is 0. The van der Waals surface area contributed by atoms with Crippen LogP contribution in [0.5, 0.6) is 0 Å². The molecule has 0 aliphatic carbocycles. The van der Waals surface area contributed by atoms with Crippen LogP contribution < -0.4 is 0 Å². The van der Waals surface area contributed by atoms with E-state index in [1.54, 1.807) is 0 Å². The molecule has 32 heavy (non-hydrogen) atoms. The number of benzene rings is 2. The summed E-state index contributed by atoms with van der Waals surface area (Å²) in [5.41, 5.74) is 8.83. The molecule has 0 unspecified atom stereocenters. The van der Waals surface area contributed by atoms with Gasteiger partial charge in [0.15, 0.2) is 0 Å². The van der Waals surface area contributed by atoms with Crippen LogP contribution in [0.3, 0.4) is 0 Å². The van der Waals surface area contributed by atoms with E-state index in [1.807, 2.05) is 19.9 Å². The molecule has 0 aromatic heterocycles. The van der Waals surface area contributed by atoms with Gasteiger partial charge in [-0.25, -0.2) is 0 Å². The summed E-state index contributed by atoms with van der Waals surface area (Å²) in [7, 11) is 0.446. The van der Waals surface area contributed by atoms with E-state index >= 15 is 0 Å². The van der Waals surface area contributed by atoms with Crippen molar-refractivity contribution < 1.29 is 20.4 Å². The number of aliphatic imine (C=N–C) groups is 1. The van der Waals surface area contributed by atoms with Crippen molar-refractivity contribution in [3.8, 4) is 0 Å². The number of nitrogens with zero attached hydrogens (tertiary/aromatic N) is 2. The van der Waals surface area contributed by atoms with E-state index in [9.17, 15) is 0 Å². The number of allylic oxidation sites excluding steroid dienone is 2. The second-order valence-electron chi connectivity index (χ2n) is 7.75. The van der Waals surface area contributed by atoms with E-state index in [0.29, 0.717) is 7.92 Å². The number of rotatable bonds is 7. The van der Waals surface area contributed by atoms with Gasteiger partial charge < -0.3 is 12.7 Å². The zero-order chi connectivity index (χ0) is 22.7. The maximum Gasteiger partial charge on any atom is 2.00 e. The summed E-state index contributed by atoms with van der Waals surface area (Å²) in [6.45, 7) is 19.3. The zero-order valence-corrected chi connectivity index (χ0v) is 24.3. The molecule has 0 fully saturated rings. The number of hydrogen-bond acceptors (Lipinski definition) is 1. The van der Waals surface area contributed by atoms with Crippen molar-refractivity contribution in [2.24, 2.45) is 4.99 Å². The molecule has 2 rings (SSSR count). The number of hydrogen-bond donors (Lipinski definition) is 0. The van der Waals surface area contributed by atoms with E-state index < -0.39 is 0 Å². The monoisotopic (exact) mass is 544 g/mol. The Morgan fingerprint density at radius 2 is 1.22 bits per heavy atom. The molecule has 0 saturated carbocycles. The third-order valence-corrected chi connectivity index (χ3v) is 7.90. The molecule has 0 heterocycles. The molecule has 0 aliphatic rings. The van der Waals surface area contributed by atoms with Gasteiger partial charge in [-0.05, 0) is 64.2 Å². The Morgan fingerprint density at radius 1 is 0.812 bits per heavy atom. The van der Waals surface area contributed by atoms with Gasteiger partial charge in [0.2, 0.25) is 0 Å². The van der Waals surface area contributed by atoms with Crippen LogP contribution in [0.2, 0.25) is 0 Å². The minimum atomic E-state index is 0. The first-order valence-corrected chi connectivity index (χ1v) is 12.9. The fourth-order valence-electron chi connectivity index (χ4n) is 3.35. The quantitative estimate of drug-likeness (QED) is 0.143. The molecule has 0 bridgehead atoms. The molecular weight excluding hydrogens is 502 g/mol. The van der Waals surface area contributed by atoms with Gasteiger partial charge in [-0.1, -0.05) is 81.3 Å². The van der Waals surface area contributed by atoms with Crippen molar-refractivity contribution in [2.45, 2.75) is 62.3 Å². The first-order valence-electron chi connectivity index (χ1n) is 11.0. The van der Waals surface area contributed by atoms with Crippen LogP contribution in [-0.4, -0.2) is 24.2 Å². The van der Waals surface area contributed by atoms with Gasteiger partial charge in [-0.3, -0.25) is 4.99 Å². The van der Waals surface area contributed by atoms with E-state index in [0.717, 1.165) is 22.8 Å². The van der Waals surface area contributed by atoms with Crippen LogP contribution in [0.15, 0.2) is 53.2 Å². The minimum absolute atomic E-state index is 0. The van der Waals surface area contributed by atoms with Crippen molar-refractivity contribution in [3.63, 3.8) is 0 Å². The van der Waals surface area contributed by atoms with E-state index in [-0.39, 0.29) is 27.8 Å². The van der Waals surface area contributed by atoms with Gasteiger partial charge >= 0.3 is 20.4 Å². The van der Waals surface area contributed by atoms with Crippen LogP contribution in [0.4, 0.5) is 11.4 Å². The number of para-hydroxylation sites is 2. The average molecular weight is 545 g/mol. The molecule has 2 aromatic rings. The second kappa shape index (κ2) is 17.2. The van der Waals surface area contributed by atoms with E-state index in [2.05, 4.69) is 84.9 Å². The molecular formula is C28H43N2PPd. The first kappa shape index (κ1) is 32.9. The standard InChI is InChI=1S/C21H25N2.C6H15P.CH3.Pd/c1-14-9-7-10-15(2)20(14)22-18(5)13-19(6)23-21-16(3)11-8-12-17(21)4;1-4-7(5-2)6-3;;/h7-13H,1-6H3;4-6H2,1-3H3;1H3;/q-1;;-1;+2/b18-13+,23-19?;;;. The van der Waals surface area contributed by atoms with Crippen molar-refractivity contribution in [3.05, 3.63) is 83.2 Å². The van der Waals surface area contributed by atoms with Crippen molar-refractivity contribution >= 4 is 25.0 Å². The molecule has 0 aliphatic heterocycles. The second-order valence-corrected chi connectivity index (χ2v) is 11.0. The van der Waals surface area contributed by atoms with Gasteiger partial charge in [0, 0.05) is 5.71 Å². The zero-order valence-electron chi connectivity index (χ0n) is 21.8. The van der Waals surface area contributed by atoms with Crippen LogP contribution in [0.1, 0.15) is 56.9 Å². The molecule has 0 amide bonds. The summed E-state index contributed by atoms with van der Waals surface area (Å²) in [4.78, 5) is 4.76. The van der Waals surface area contributed by atoms with Crippen molar-refractivity contribution in [2.75, 3.05) is 18.5 Å². The number of aryl methyl sites for hydroxylation is 4. The SMILES string of the molecule is CC(/C=C(\C)[N-]c1c(C)cccc1C)=Nc1c(C)cccc1C.CCP(CC)CC.[CH3-].[Pd+2]. The smallest absolute Gasteiger partial charge is 0.661 e. The maximum absolute atomic E-state index is 4.76. The maximum atomic E-state index is 4.76. The molecule has 0 saturated heterocycles. The van der Waals surface area contributed by atoms with Crippen LogP contribution in [0.25, 0.3) is 5.32 Å². The van der Waals surface area contributed by atoms with Crippen LogP contribution in [-0.2, 0) is 20.4 Å². The predicted molar refractivity (Wildman–Crippen MR) is 146 cm³/mol. The first-order chi connectivity index (χ1) is 14.2. The summed E-state index contributed by atoms with van der Waals surface area (Å²) in [5, 5.41) is 4.76. The fourth-order valence-corrected chi connectivity index (χ4v) is 4.70. The van der Waals surface area contributed by atoms with Gasteiger partial charge in [0.25, 0.3) is 0 Å². The molecule has 0 atom stereocenters. The Kier molecular flexibility index (Phi) is 17.7. The Labute approximate surface area is 213 Å². The van der Waals surface area contributed by atoms with E-state index in [1.165, 1.54) is 40.7 Å². The molecule has 180 valence electrons. The van der Waals surface area contributed by atoms with Gasteiger partial charge in [-0.15, -0.1) is 13.6 Å². The summed E-state index contributed by atoms with van der Waals surface area (Å²) in [6, 6.07) is 12.5. The molecule has 2 aromatic carbocycles. The summed E-state index contributed by atoms with van der Waals surface area (Å²) in [6.07, 6.45) is 6.30. The summed E-state index contributed by atoms with van der Waals surface area (Å²) < 4.78 is 0. The predicted octanol–water partition coefficient (Wildman–Crippen LogP) is 9.60. The molecule has 2 nitrogen and oxygen atoms in total. The Bertz CT molecular complexity index is 822. The minimum Gasteiger partial charge on any atom is -0.661 e. The Balaban J connectivity index is 0. The Morgan fingerprint density at radius 3 is 1.59 bits per heavy atom. The van der Waals surface area contributed by atoms with Gasteiger partial charge in [0.05, 0.1) is 5.69 Å².